The van der Waals surface area contributed by atoms with Crippen LogP contribution in [0.4, 0.5) is 0 Å². The normalized spacial score (nSPS) is 24.6. The number of para-hydroxylation sites is 1. The van der Waals surface area contributed by atoms with E-state index >= 15 is 0 Å². The average molecular weight is 237 g/mol. The molecular formula is C13H19NOS. The Labute approximate surface area is 102 Å². The van der Waals surface area contributed by atoms with Crippen LogP contribution in [0, 0.1) is 0 Å². The van der Waals surface area contributed by atoms with Gasteiger partial charge in [0.05, 0.1) is 7.11 Å². The summed E-state index contributed by atoms with van der Waals surface area (Å²) in [6.07, 6.45) is 3.93. The van der Waals surface area contributed by atoms with Gasteiger partial charge >= 0.3 is 0 Å². The predicted molar refractivity (Wildman–Crippen MR) is 69.3 cm³/mol. The molecule has 0 radical (unpaired) electrons. The lowest BCUT2D eigenvalue weighted by Gasteiger charge is -2.19. The molecule has 0 amide bonds. The van der Waals surface area contributed by atoms with Crippen molar-refractivity contribution in [3.05, 3.63) is 24.3 Å². The minimum absolute atomic E-state index is 0.648. The highest BCUT2D eigenvalue weighted by atomic mass is 32.2. The minimum Gasteiger partial charge on any atom is -0.496 e. The van der Waals surface area contributed by atoms with Crippen molar-refractivity contribution < 1.29 is 4.74 Å². The van der Waals surface area contributed by atoms with Gasteiger partial charge in [0.25, 0.3) is 0 Å². The van der Waals surface area contributed by atoms with Gasteiger partial charge in [0, 0.05) is 16.2 Å². The number of rotatable bonds is 4. The molecule has 0 spiro atoms. The van der Waals surface area contributed by atoms with E-state index in [0.717, 1.165) is 5.75 Å². The fraction of sp³-hybridized carbons (Fsp3) is 0.538. The first kappa shape index (κ1) is 11.8. The molecule has 0 heterocycles. The fourth-order valence-corrected chi connectivity index (χ4v) is 3.75. The molecule has 2 unspecified atom stereocenters. The standard InChI is InChI=1S/C13H19NOS/c1-14-10-6-5-9-12(10)16-13-8-4-3-7-11(13)15-2/h3-4,7-8,10,12,14H,5-6,9H2,1-2H3. The smallest absolute Gasteiger partial charge is 0.132 e. The molecule has 0 aromatic heterocycles. The third-order valence-electron chi connectivity index (χ3n) is 3.17. The minimum atomic E-state index is 0.648. The van der Waals surface area contributed by atoms with E-state index in [1.807, 2.05) is 23.9 Å². The SMILES string of the molecule is CNC1CCCC1Sc1ccccc1OC. The number of nitrogens with one attached hydrogen (secondary N) is 1. The van der Waals surface area contributed by atoms with Crippen molar-refractivity contribution in [3.8, 4) is 5.75 Å². The third kappa shape index (κ3) is 2.53. The highest BCUT2D eigenvalue weighted by molar-refractivity contribution is 8.00. The second-order valence-electron chi connectivity index (χ2n) is 4.13. The largest absolute Gasteiger partial charge is 0.496 e. The zero-order valence-corrected chi connectivity index (χ0v) is 10.7. The van der Waals surface area contributed by atoms with E-state index in [1.54, 1.807) is 7.11 Å². The van der Waals surface area contributed by atoms with Gasteiger partial charge in [0.1, 0.15) is 5.75 Å². The Morgan fingerprint density at radius 1 is 1.31 bits per heavy atom. The second-order valence-corrected chi connectivity index (χ2v) is 5.41. The number of hydrogen-bond donors (Lipinski definition) is 1. The van der Waals surface area contributed by atoms with E-state index in [2.05, 4.69) is 24.5 Å². The Hall–Kier alpha value is -0.670. The van der Waals surface area contributed by atoms with E-state index in [0.29, 0.717) is 11.3 Å². The number of thioether (sulfide) groups is 1. The molecule has 2 atom stereocenters. The summed E-state index contributed by atoms with van der Waals surface area (Å²) in [5.41, 5.74) is 0. The molecule has 16 heavy (non-hydrogen) atoms. The van der Waals surface area contributed by atoms with Gasteiger partial charge in [-0.25, -0.2) is 0 Å². The fourth-order valence-electron chi connectivity index (χ4n) is 2.28. The zero-order chi connectivity index (χ0) is 11.4. The van der Waals surface area contributed by atoms with Crippen LogP contribution in [-0.2, 0) is 0 Å². The van der Waals surface area contributed by atoms with Crippen LogP contribution in [0.15, 0.2) is 29.2 Å². The molecule has 1 aliphatic carbocycles. The van der Waals surface area contributed by atoms with E-state index in [-0.39, 0.29) is 0 Å². The quantitative estimate of drug-likeness (QED) is 0.870. The number of hydrogen-bond acceptors (Lipinski definition) is 3. The maximum atomic E-state index is 5.38. The van der Waals surface area contributed by atoms with Crippen molar-refractivity contribution in [3.63, 3.8) is 0 Å². The highest BCUT2D eigenvalue weighted by Gasteiger charge is 2.27. The van der Waals surface area contributed by atoms with Gasteiger partial charge in [-0.2, -0.15) is 0 Å². The summed E-state index contributed by atoms with van der Waals surface area (Å²) in [5.74, 6) is 0.995. The molecule has 1 N–H and O–H groups in total. The van der Waals surface area contributed by atoms with Gasteiger partial charge in [-0.1, -0.05) is 18.6 Å². The topological polar surface area (TPSA) is 21.3 Å². The van der Waals surface area contributed by atoms with Crippen LogP contribution in [0.25, 0.3) is 0 Å². The number of methoxy groups -OCH3 is 1. The highest BCUT2D eigenvalue weighted by Crippen LogP contribution is 2.38. The first-order valence-electron chi connectivity index (χ1n) is 5.82. The lowest BCUT2D eigenvalue weighted by molar-refractivity contribution is 0.404. The summed E-state index contributed by atoms with van der Waals surface area (Å²) in [6, 6.07) is 8.93. The van der Waals surface area contributed by atoms with E-state index in [9.17, 15) is 0 Å². The van der Waals surface area contributed by atoms with E-state index < -0.39 is 0 Å². The van der Waals surface area contributed by atoms with Gasteiger partial charge in [-0.05, 0) is 32.0 Å². The summed E-state index contributed by atoms with van der Waals surface area (Å²) in [4.78, 5) is 1.26. The Bertz CT molecular complexity index is 342. The van der Waals surface area contributed by atoms with Crippen molar-refractivity contribution >= 4 is 11.8 Å². The van der Waals surface area contributed by atoms with Crippen LogP contribution < -0.4 is 10.1 Å². The summed E-state index contributed by atoms with van der Waals surface area (Å²) in [7, 11) is 3.80. The lowest BCUT2D eigenvalue weighted by atomic mass is 10.2. The van der Waals surface area contributed by atoms with Crippen molar-refractivity contribution in [2.24, 2.45) is 0 Å². The molecule has 1 aromatic carbocycles. The average Bonchev–Trinajstić information content (AvgIpc) is 2.77. The van der Waals surface area contributed by atoms with Crippen molar-refractivity contribution in [2.75, 3.05) is 14.2 Å². The number of benzene rings is 1. The zero-order valence-electron chi connectivity index (χ0n) is 9.90. The Balaban J connectivity index is 2.08. The van der Waals surface area contributed by atoms with E-state index in [4.69, 9.17) is 4.74 Å². The van der Waals surface area contributed by atoms with Gasteiger partial charge in [0.2, 0.25) is 0 Å². The monoisotopic (exact) mass is 237 g/mol. The summed E-state index contributed by atoms with van der Waals surface area (Å²) in [6.45, 7) is 0. The third-order valence-corrected chi connectivity index (χ3v) is 4.63. The van der Waals surface area contributed by atoms with Crippen LogP contribution in [0.1, 0.15) is 19.3 Å². The maximum absolute atomic E-state index is 5.38. The number of ether oxygens (including phenoxy) is 1. The van der Waals surface area contributed by atoms with E-state index in [1.165, 1.54) is 24.2 Å². The Morgan fingerprint density at radius 3 is 2.88 bits per heavy atom. The first-order chi connectivity index (χ1) is 7.85. The molecular weight excluding hydrogens is 218 g/mol. The molecule has 0 aliphatic heterocycles. The van der Waals surface area contributed by atoms with Crippen LogP contribution >= 0.6 is 11.8 Å². The van der Waals surface area contributed by atoms with Gasteiger partial charge in [-0.3, -0.25) is 0 Å². The summed E-state index contributed by atoms with van der Waals surface area (Å²) in [5, 5.41) is 4.09. The maximum Gasteiger partial charge on any atom is 0.132 e. The molecule has 1 aromatic rings. The summed E-state index contributed by atoms with van der Waals surface area (Å²) < 4.78 is 5.38. The second kappa shape index (κ2) is 5.60. The molecule has 3 heteroatoms. The van der Waals surface area contributed by atoms with Crippen molar-refractivity contribution in [2.45, 2.75) is 35.4 Å². The predicted octanol–water partition coefficient (Wildman–Crippen LogP) is 2.93. The molecule has 1 aliphatic rings. The van der Waals surface area contributed by atoms with Crippen LogP contribution in [0.3, 0.4) is 0 Å². The van der Waals surface area contributed by atoms with Gasteiger partial charge < -0.3 is 10.1 Å². The first-order valence-corrected chi connectivity index (χ1v) is 6.70. The van der Waals surface area contributed by atoms with Crippen LogP contribution in [0.2, 0.25) is 0 Å². The van der Waals surface area contributed by atoms with Crippen LogP contribution in [0.5, 0.6) is 5.75 Å². The van der Waals surface area contributed by atoms with Crippen molar-refractivity contribution in [1.82, 2.24) is 5.32 Å². The molecule has 88 valence electrons. The summed E-state index contributed by atoms with van der Waals surface area (Å²) >= 11 is 1.95. The molecule has 2 nitrogen and oxygen atoms in total. The van der Waals surface area contributed by atoms with Gasteiger partial charge in [0.15, 0.2) is 0 Å². The molecule has 2 rings (SSSR count). The lowest BCUT2D eigenvalue weighted by Crippen LogP contribution is -2.30. The molecule has 1 saturated carbocycles. The van der Waals surface area contributed by atoms with Gasteiger partial charge in [-0.15, -0.1) is 11.8 Å². The van der Waals surface area contributed by atoms with Crippen molar-refractivity contribution in [1.29, 1.82) is 0 Å². The molecule has 1 fully saturated rings. The van der Waals surface area contributed by atoms with Crippen LogP contribution in [-0.4, -0.2) is 25.4 Å². The Morgan fingerprint density at radius 2 is 2.12 bits per heavy atom. The molecule has 0 saturated heterocycles. The Kier molecular flexibility index (Phi) is 4.13. The molecule has 0 bridgehead atoms.